The van der Waals surface area contributed by atoms with E-state index in [0.717, 1.165) is 40.7 Å². The van der Waals surface area contributed by atoms with Gasteiger partial charge in [-0.2, -0.15) is 5.10 Å². The molecule has 9 heteroatoms. The van der Waals surface area contributed by atoms with Crippen molar-refractivity contribution in [2.45, 2.75) is 18.8 Å². The predicted molar refractivity (Wildman–Crippen MR) is 126 cm³/mol. The minimum atomic E-state index is -0.632. The number of urea groups is 1. The smallest absolute Gasteiger partial charge is 0.323 e. The molecule has 2 aromatic carbocycles. The molecule has 4 aromatic rings. The van der Waals surface area contributed by atoms with Crippen molar-refractivity contribution in [2.75, 3.05) is 23.5 Å². The van der Waals surface area contributed by atoms with Crippen LogP contribution in [0.15, 0.2) is 48.5 Å². The third kappa shape index (κ3) is 3.93. The quantitative estimate of drug-likeness (QED) is 0.405. The molecule has 8 nitrogen and oxygen atoms in total. The lowest BCUT2D eigenvalue weighted by molar-refractivity contribution is 0.262. The highest BCUT2D eigenvalue weighted by molar-refractivity contribution is 6.02. The van der Waals surface area contributed by atoms with Gasteiger partial charge in [0, 0.05) is 24.3 Å². The Hall–Kier alpha value is -4.14. The number of rotatable bonds is 5. The summed E-state index contributed by atoms with van der Waals surface area (Å²) in [5, 5.41) is 10.4. The highest BCUT2D eigenvalue weighted by Gasteiger charge is 2.27. The van der Waals surface area contributed by atoms with Crippen LogP contribution in [-0.4, -0.2) is 27.9 Å². The van der Waals surface area contributed by atoms with Crippen molar-refractivity contribution >= 4 is 34.3 Å². The van der Waals surface area contributed by atoms with Crippen LogP contribution in [0.1, 0.15) is 24.5 Å². The lowest BCUT2D eigenvalue weighted by Crippen LogP contribution is -2.20. The zero-order chi connectivity index (χ0) is 23.1. The molecule has 1 fully saturated rings. The number of aryl methyl sites for hydroxylation is 1. The van der Waals surface area contributed by atoms with Crippen LogP contribution < -0.4 is 21.1 Å². The fourth-order valence-corrected chi connectivity index (χ4v) is 3.90. The van der Waals surface area contributed by atoms with Crippen molar-refractivity contribution in [3.05, 3.63) is 60.0 Å². The average molecular weight is 446 g/mol. The molecule has 2 amide bonds. The van der Waals surface area contributed by atoms with Crippen molar-refractivity contribution in [2.24, 2.45) is 7.05 Å². The van der Waals surface area contributed by atoms with Gasteiger partial charge in [-0.3, -0.25) is 0 Å². The van der Waals surface area contributed by atoms with Crippen molar-refractivity contribution in [1.82, 2.24) is 14.8 Å². The summed E-state index contributed by atoms with van der Waals surface area (Å²) < 4.78 is 20.9. The van der Waals surface area contributed by atoms with Gasteiger partial charge in [0.15, 0.2) is 23.0 Å². The van der Waals surface area contributed by atoms with Crippen molar-refractivity contribution in [3.63, 3.8) is 0 Å². The summed E-state index contributed by atoms with van der Waals surface area (Å²) >= 11 is 0. The number of nitrogens with two attached hydrogens (primary N) is 1. The highest BCUT2D eigenvalue weighted by atomic mass is 19.1. The summed E-state index contributed by atoms with van der Waals surface area (Å²) in [5.74, 6) is 0.332. The first kappa shape index (κ1) is 20.7. The van der Waals surface area contributed by atoms with E-state index in [2.05, 4.69) is 21.8 Å². The van der Waals surface area contributed by atoms with E-state index in [1.165, 1.54) is 19.2 Å². The second kappa shape index (κ2) is 8.09. The number of nitrogens with zero attached hydrogens (tertiary/aromatic N) is 3. The summed E-state index contributed by atoms with van der Waals surface area (Å²) in [4.78, 5) is 17.1. The number of ether oxygens (including phenoxy) is 1. The zero-order valence-electron chi connectivity index (χ0n) is 18.2. The third-order valence-corrected chi connectivity index (χ3v) is 5.72. The number of benzene rings is 2. The molecule has 2 heterocycles. The number of carbonyl (C=O) groups is 1. The van der Waals surface area contributed by atoms with Crippen molar-refractivity contribution in [3.8, 4) is 16.9 Å². The number of methoxy groups -OCH3 is 1. The molecule has 0 spiro atoms. The largest absolute Gasteiger partial charge is 0.494 e. The topological polar surface area (TPSA) is 107 Å². The van der Waals surface area contributed by atoms with E-state index < -0.39 is 11.8 Å². The van der Waals surface area contributed by atoms with Gasteiger partial charge in [0.1, 0.15) is 0 Å². The molecular formula is C24H23FN6O2. The van der Waals surface area contributed by atoms with Gasteiger partial charge < -0.3 is 21.1 Å². The number of anilines is 3. The molecule has 33 heavy (non-hydrogen) atoms. The zero-order valence-corrected chi connectivity index (χ0v) is 18.2. The molecule has 0 atom stereocenters. The fourth-order valence-electron chi connectivity index (χ4n) is 3.90. The molecule has 0 radical (unpaired) electrons. The molecular weight excluding hydrogens is 423 g/mol. The van der Waals surface area contributed by atoms with Crippen LogP contribution in [0.5, 0.6) is 5.75 Å². The summed E-state index contributed by atoms with van der Waals surface area (Å²) in [6.07, 6.45) is 2.27. The van der Waals surface area contributed by atoms with Crippen LogP contribution in [0.3, 0.4) is 0 Å². The van der Waals surface area contributed by atoms with Crippen LogP contribution in [0.2, 0.25) is 0 Å². The molecule has 5 rings (SSSR count). The molecule has 0 aliphatic heterocycles. The summed E-state index contributed by atoms with van der Waals surface area (Å²) in [6.45, 7) is 0. The van der Waals surface area contributed by atoms with E-state index in [1.54, 1.807) is 22.9 Å². The van der Waals surface area contributed by atoms with Gasteiger partial charge in [-0.05, 0) is 54.3 Å². The van der Waals surface area contributed by atoms with Gasteiger partial charge in [-0.1, -0.05) is 18.2 Å². The Balaban J connectivity index is 1.39. The summed E-state index contributed by atoms with van der Waals surface area (Å²) in [7, 11) is 3.20. The fraction of sp³-hybridized carbons (Fsp3) is 0.208. The van der Waals surface area contributed by atoms with Gasteiger partial charge in [0.2, 0.25) is 0 Å². The molecule has 168 valence electrons. The maximum absolute atomic E-state index is 14.3. The average Bonchev–Trinajstić information content (AvgIpc) is 3.61. The molecule has 1 aliphatic carbocycles. The number of hydrogen-bond donors (Lipinski definition) is 3. The lowest BCUT2D eigenvalue weighted by atomic mass is 10.0. The Morgan fingerprint density at radius 3 is 2.64 bits per heavy atom. The number of hydrogen-bond acceptors (Lipinski definition) is 5. The second-order valence-corrected chi connectivity index (χ2v) is 8.05. The summed E-state index contributed by atoms with van der Waals surface area (Å²) in [6, 6.07) is 13.4. The van der Waals surface area contributed by atoms with Crippen LogP contribution in [0, 0.1) is 5.82 Å². The van der Waals surface area contributed by atoms with E-state index in [1.807, 2.05) is 19.2 Å². The molecule has 4 N–H and O–H groups in total. The molecule has 0 bridgehead atoms. The van der Waals surface area contributed by atoms with Crippen LogP contribution >= 0.6 is 0 Å². The van der Waals surface area contributed by atoms with Gasteiger partial charge in [0.05, 0.1) is 18.2 Å². The van der Waals surface area contributed by atoms with Gasteiger partial charge in [-0.25, -0.2) is 18.9 Å². The van der Waals surface area contributed by atoms with Gasteiger partial charge in [-0.15, -0.1) is 0 Å². The molecule has 0 saturated heterocycles. The Kier molecular flexibility index (Phi) is 5.08. The first-order chi connectivity index (χ1) is 15.9. The number of carbonyl (C=O) groups excluding carboxylic acids is 1. The minimum absolute atomic E-state index is 0.0299. The summed E-state index contributed by atoms with van der Waals surface area (Å²) in [5.41, 5.74) is 10.5. The van der Waals surface area contributed by atoms with E-state index >= 15 is 0 Å². The Morgan fingerprint density at radius 1 is 1.18 bits per heavy atom. The van der Waals surface area contributed by atoms with Crippen LogP contribution in [0.25, 0.3) is 22.2 Å². The normalized spacial score (nSPS) is 13.2. The van der Waals surface area contributed by atoms with E-state index in [9.17, 15) is 9.18 Å². The standard InChI is InChI=1S/C24H23FN6O2/c1-31-23-20(22(26)30-31)16(12-18(28-23)14-6-7-14)13-8-10-15(11-9-13)27-24(32)29-17-4-3-5-19(33-2)21(17)25/h3-5,8-12,14H,6-7H2,1-2H3,(H2,26,30)(H2,27,29,32). The number of fused-ring (bicyclic) bond motifs is 1. The monoisotopic (exact) mass is 446 g/mol. The molecule has 1 saturated carbocycles. The van der Waals surface area contributed by atoms with E-state index in [0.29, 0.717) is 17.4 Å². The van der Waals surface area contributed by atoms with Gasteiger partial charge in [0.25, 0.3) is 0 Å². The van der Waals surface area contributed by atoms with Crippen LogP contribution in [0.4, 0.5) is 26.4 Å². The number of nitrogen functional groups attached to an aromatic ring is 1. The number of amides is 2. The highest BCUT2D eigenvalue weighted by Crippen LogP contribution is 2.42. The van der Waals surface area contributed by atoms with Crippen LogP contribution in [-0.2, 0) is 7.05 Å². The van der Waals surface area contributed by atoms with E-state index in [4.69, 9.17) is 15.5 Å². The van der Waals surface area contributed by atoms with Crippen molar-refractivity contribution in [1.29, 1.82) is 0 Å². The predicted octanol–water partition coefficient (Wildman–Crippen LogP) is 4.89. The maximum atomic E-state index is 14.3. The SMILES string of the molecule is COc1cccc(NC(=O)Nc2ccc(-c3cc(C4CC4)nc4c3c(N)nn4C)cc2)c1F. The molecule has 2 aromatic heterocycles. The Morgan fingerprint density at radius 2 is 1.94 bits per heavy atom. The minimum Gasteiger partial charge on any atom is -0.494 e. The first-order valence-corrected chi connectivity index (χ1v) is 10.6. The van der Waals surface area contributed by atoms with Crippen molar-refractivity contribution < 1.29 is 13.9 Å². The third-order valence-electron chi connectivity index (χ3n) is 5.72. The molecule has 1 aliphatic rings. The first-order valence-electron chi connectivity index (χ1n) is 10.6. The lowest BCUT2D eigenvalue weighted by Gasteiger charge is -2.11. The molecule has 0 unspecified atom stereocenters. The number of nitrogens with one attached hydrogen (secondary N) is 2. The Bertz CT molecular complexity index is 1360. The number of pyridine rings is 1. The second-order valence-electron chi connectivity index (χ2n) is 8.05. The van der Waals surface area contributed by atoms with Gasteiger partial charge >= 0.3 is 6.03 Å². The Labute approximate surface area is 189 Å². The van der Waals surface area contributed by atoms with E-state index in [-0.39, 0.29) is 11.4 Å². The maximum Gasteiger partial charge on any atom is 0.323 e. The number of halogens is 1. The number of aromatic nitrogens is 3.